The van der Waals surface area contributed by atoms with E-state index in [9.17, 15) is 4.57 Å². The molecule has 78 valence electrons. The van der Waals surface area contributed by atoms with E-state index in [1.54, 1.807) is 25.3 Å². The molecule has 1 rings (SSSR count). The van der Waals surface area contributed by atoms with Crippen molar-refractivity contribution in [3.05, 3.63) is 29.8 Å². The Morgan fingerprint density at radius 2 is 2.14 bits per heavy atom. The minimum absolute atomic E-state index is 0.125. The van der Waals surface area contributed by atoms with Crippen LogP contribution in [0.4, 0.5) is 0 Å². The van der Waals surface area contributed by atoms with E-state index < -0.39 is 7.60 Å². The van der Waals surface area contributed by atoms with E-state index >= 15 is 0 Å². The monoisotopic (exact) mass is 216 g/mol. The fourth-order valence-electron chi connectivity index (χ4n) is 1.10. The van der Waals surface area contributed by atoms with Crippen molar-refractivity contribution < 1.29 is 19.1 Å². The Balaban J connectivity index is 2.63. The first kappa shape index (κ1) is 11.2. The van der Waals surface area contributed by atoms with Gasteiger partial charge in [-0.25, -0.2) is 0 Å². The molecule has 0 radical (unpaired) electrons. The lowest BCUT2D eigenvalue weighted by Gasteiger charge is -2.05. The molecule has 5 heteroatoms. The van der Waals surface area contributed by atoms with Gasteiger partial charge in [0.15, 0.2) is 0 Å². The van der Waals surface area contributed by atoms with Crippen molar-refractivity contribution in [3.63, 3.8) is 0 Å². The summed E-state index contributed by atoms with van der Waals surface area (Å²) >= 11 is 0. The summed E-state index contributed by atoms with van der Waals surface area (Å²) in [4.78, 5) is 17.4. The van der Waals surface area contributed by atoms with Crippen LogP contribution >= 0.6 is 7.60 Å². The number of aryl methyl sites for hydroxylation is 1. The van der Waals surface area contributed by atoms with Crippen LogP contribution in [0.15, 0.2) is 24.3 Å². The molecule has 0 amide bonds. The number of benzene rings is 1. The van der Waals surface area contributed by atoms with Crippen LogP contribution < -0.4 is 4.74 Å². The molecule has 1 aromatic rings. The van der Waals surface area contributed by atoms with Gasteiger partial charge in [0, 0.05) is 0 Å². The molecule has 1 aromatic carbocycles. The van der Waals surface area contributed by atoms with Crippen molar-refractivity contribution in [3.8, 4) is 5.75 Å². The van der Waals surface area contributed by atoms with Crippen molar-refractivity contribution in [2.24, 2.45) is 0 Å². The zero-order valence-corrected chi connectivity index (χ0v) is 8.78. The molecule has 0 saturated heterocycles. The molecule has 0 aliphatic heterocycles. The summed E-state index contributed by atoms with van der Waals surface area (Å²) in [6.07, 6.45) is 0.238. The molecule has 0 saturated carbocycles. The number of hydrogen-bond donors (Lipinski definition) is 2. The standard InChI is InChI=1S/C9H13O4P/c1-13-9-4-2-3-8(7-9)5-6-14(10,11)12/h2-4,7H,5-6H2,1H3,(H2,10,11,12). The molecule has 0 atom stereocenters. The number of hydrogen-bond acceptors (Lipinski definition) is 2. The van der Waals surface area contributed by atoms with E-state index in [1.807, 2.05) is 6.07 Å². The molecule has 0 heterocycles. The SMILES string of the molecule is COc1cccc(CCP(=O)(O)O)c1. The molecule has 0 unspecified atom stereocenters. The third kappa shape index (κ3) is 3.92. The highest BCUT2D eigenvalue weighted by Gasteiger charge is 2.12. The Kier molecular flexibility index (Phi) is 3.69. The van der Waals surface area contributed by atoms with Crippen molar-refractivity contribution in [1.29, 1.82) is 0 Å². The highest BCUT2D eigenvalue weighted by Crippen LogP contribution is 2.35. The summed E-state index contributed by atoms with van der Waals surface area (Å²) in [5.41, 5.74) is 0.868. The minimum atomic E-state index is -3.90. The van der Waals surface area contributed by atoms with E-state index in [0.717, 1.165) is 5.56 Å². The second-order valence-electron chi connectivity index (χ2n) is 2.99. The van der Waals surface area contributed by atoms with Crippen molar-refractivity contribution in [2.75, 3.05) is 13.3 Å². The Morgan fingerprint density at radius 3 is 2.71 bits per heavy atom. The van der Waals surface area contributed by atoms with E-state index in [1.165, 1.54) is 0 Å². The van der Waals surface area contributed by atoms with Crippen molar-refractivity contribution >= 4 is 7.60 Å². The Bertz CT molecular complexity index is 344. The average Bonchev–Trinajstić information content (AvgIpc) is 2.14. The van der Waals surface area contributed by atoms with Crippen LogP contribution in [0.5, 0.6) is 5.75 Å². The molecule has 0 bridgehead atoms. The maximum atomic E-state index is 10.6. The smallest absolute Gasteiger partial charge is 0.325 e. The minimum Gasteiger partial charge on any atom is -0.497 e. The molecule has 0 spiro atoms. The first-order valence-electron chi connectivity index (χ1n) is 4.19. The highest BCUT2D eigenvalue weighted by atomic mass is 31.2. The lowest BCUT2D eigenvalue weighted by Crippen LogP contribution is -1.94. The van der Waals surface area contributed by atoms with Gasteiger partial charge in [-0.1, -0.05) is 12.1 Å². The van der Waals surface area contributed by atoms with Gasteiger partial charge < -0.3 is 14.5 Å². The highest BCUT2D eigenvalue weighted by molar-refractivity contribution is 7.51. The molecule has 0 aromatic heterocycles. The van der Waals surface area contributed by atoms with Crippen LogP contribution in [-0.4, -0.2) is 23.1 Å². The number of ether oxygens (including phenoxy) is 1. The average molecular weight is 216 g/mol. The summed E-state index contributed by atoms with van der Waals surface area (Å²) in [6, 6.07) is 7.18. The number of rotatable bonds is 4. The Hall–Kier alpha value is -0.830. The molecule has 14 heavy (non-hydrogen) atoms. The van der Waals surface area contributed by atoms with Crippen LogP contribution in [0.3, 0.4) is 0 Å². The van der Waals surface area contributed by atoms with Gasteiger partial charge in [0.1, 0.15) is 5.75 Å². The lowest BCUT2D eigenvalue weighted by molar-refractivity contribution is 0.373. The molecular weight excluding hydrogens is 203 g/mol. The van der Waals surface area contributed by atoms with Crippen LogP contribution in [0.2, 0.25) is 0 Å². The summed E-state index contributed by atoms with van der Waals surface area (Å²) in [6.45, 7) is 0. The second-order valence-corrected chi connectivity index (χ2v) is 4.77. The van der Waals surface area contributed by atoms with Crippen LogP contribution in [0.1, 0.15) is 5.56 Å². The van der Waals surface area contributed by atoms with E-state index in [4.69, 9.17) is 14.5 Å². The zero-order valence-electron chi connectivity index (χ0n) is 7.88. The summed E-state index contributed by atoms with van der Waals surface area (Å²) in [7, 11) is -2.34. The zero-order chi connectivity index (χ0) is 10.6. The third-order valence-electron chi connectivity index (χ3n) is 1.83. The molecule has 0 fully saturated rings. The van der Waals surface area contributed by atoms with E-state index in [0.29, 0.717) is 12.2 Å². The normalized spacial score (nSPS) is 11.4. The second kappa shape index (κ2) is 4.60. The van der Waals surface area contributed by atoms with E-state index in [-0.39, 0.29) is 6.16 Å². The summed E-state index contributed by atoms with van der Waals surface area (Å²) < 4.78 is 15.6. The maximum Gasteiger partial charge on any atom is 0.325 e. The molecule has 0 aliphatic rings. The predicted octanol–water partition coefficient (Wildman–Crippen LogP) is 1.42. The first-order valence-corrected chi connectivity index (χ1v) is 5.98. The Morgan fingerprint density at radius 1 is 1.43 bits per heavy atom. The van der Waals surface area contributed by atoms with Gasteiger partial charge in [-0.05, 0) is 24.1 Å². The van der Waals surface area contributed by atoms with Gasteiger partial charge in [0.05, 0.1) is 13.3 Å². The maximum absolute atomic E-state index is 10.6. The van der Waals surface area contributed by atoms with Gasteiger partial charge in [-0.15, -0.1) is 0 Å². The fourth-order valence-corrected chi connectivity index (χ4v) is 1.65. The van der Waals surface area contributed by atoms with Crippen molar-refractivity contribution in [2.45, 2.75) is 6.42 Å². The number of methoxy groups -OCH3 is 1. The van der Waals surface area contributed by atoms with Gasteiger partial charge in [-0.2, -0.15) is 0 Å². The van der Waals surface area contributed by atoms with Gasteiger partial charge in [-0.3, -0.25) is 4.57 Å². The predicted molar refractivity (Wildman–Crippen MR) is 53.6 cm³/mol. The van der Waals surface area contributed by atoms with Crippen LogP contribution in [0, 0.1) is 0 Å². The van der Waals surface area contributed by atoms with Crippen LogP contribution in [-0.2, 0) is 11.0 Å². The lowest BCUT2D eigenvalue weighted by atomic mass is 10.2. The van der Waals surface area contributed by atoms with Gasteiger partial charge in [0.25, 0.3) is 0 Å². The summed E-state index contributed by atoms with van der Waals surface area (Å²) in [5.74, 6) is 0.702. The van der Waals surface area contributed by atoms with Crippen molar-refractivity contribution in [1.82, 2.24) is 0 Å². The molecular formula is C9H13O4P. The van der Waals surface area contributed by atoms with Gasteiger partial charge in [0.2, 0.25) is 0 Å². The Labute approximate surface area is 82.7 Å². The largest absolute Gasteiger partial charge is 0.497 e. The third-order valence-corrected chi connectivity index (χ3v) is 2.63. The first-order chi connectivity index (χ1) is 6.51. The summed E-state index contributed by atoms with van der Waals surface area (Å²) in [5, 5.41) is 0. The molecule has 2 N–H and O–H groups in total. The van der Waals surface area contributed by atoms with E-state index in [2.05, 4.69) is 0 Å². The fraction of sp³-hybridized carbons (Fsp3) is 0.333. The topological polar surface area (TPSA) is 66.8 Å². The molecule has 0 aliphatic carbocycles. The quantitative estimate of drug-likeness (QED) is 0.747. The van der Waals surface area contributed by atoms with Gasteiger partial charge >= 0.3 is 7.60 Å². The molecule has 4 nitrogen and oxygen atoms in total. The van der Waals surface area contributed by atoms with Crippen LogP contribution in [0.25, 0.3) is 0 Å².